The van der Waals surface area contributed by atoms with Crippen molar-refractivity contribution < 1.29 is 4.79 Å². The molecule has 0 atom stereocenters. The van der Waals surface area contributed by atoms with E-state index >= 15 is 0 Å². The average Bonchev–Trinajstić information content (AvgIpc) is 2.21. The third kappa shape index (κ3) is 5.09. The summed E-state index contributed by atoms with van der Waals surface area (Å²) in [6, 6.07) is 7.69. The summed E-state index contributed by atoms with van der Waals surface area (Å²) in [5, 5.41) is 3.50. The van der Waals surface area contributed by atoms with Crippen molar-refractivity contribution in [2.24, 2.45) is 0 Å². The Kier molecular flexibility index (Phi) is 5.58. The van der Waals surface area contributed by atoms with Gasteiger partial charge in [-0.05, 0) is 24.6 Å². The quantitative estimate of drug-likeness (QED) is 0.862. The zero-order valence-electron chi connectivity index (χ0n) is 8.63. The molecule has 1 aromatic carbocycles. The Bertz CT molecular complexity index is 313. The molecule has 0 heterocycles. The highest BCUT2D eigenvalue weighted by Gasteiger charge is 1.99. The van der Waals surface area contributed by atoms with Crippen LogP contribution in [0.3, 0.4) is 0 Å². The molecular weight excluding hydrogens is 230 g/mol. The Morgan fingerprint density at radius 2 is 2.07 bits per heavy atom. The molecule has 0 radical (unpaired) electrons. The van der Waals surface area contributed by atoms with Crippen LogP contribution in [-0.4, -0.2) is 18.2 Å². The van der Waals surface area contributed by atoms with Crippen LogP contribution in [0.25, 0.3) is 0 Å². The summed E-state index contributed by atoms with van der Waals surface area (Å²) < 4.78 is 0. The van der Waals surface area contributed by atoms with E-state index < -0.39 is 0 Å². The monoisotopic (exact) mass is 243 g/mol. The summed E-state index contributed by atoms with van der Waals surface area (Å²) in [5.41, 5.74) is 1.19. The highest BCUT2D eigenvalue weighted by Crippen LogP contribution is 2.15. The second-order valence-corrected chi connectivity index (χ2v) is 4.49. The van der Waals surface area contributed by atoms with E-state index in [0.717, 1.165) is 10.8 Å². The summed E-state index contributed by atoms with van der Waals surface area (Å²) in [5.74, 6) is 1.45. The van der Waals surface area contributed by atoms with Crippen molar-refractivity contribution in [1.82, 2.24) is 5.32 Å². The van der Waals surface area contributed by atoms with Crippen molar-refractivity contribution in [3.05, 3.63) is 34.9 Å². The number of amides is 1. The summed E-state index contributed by atoms with van der Waals surface area (Å²) in [6.45, 7) is 2.61. The molecule has 0 aliphatic heterocycles. The van der Waals surface area contributed by atoms with Gasteiger partial charge in [0.2, 0.25) is 5.91 Å². The van der Waals surface area contributed by atoms with Crippen LogP contribution in [0.5, 0.6) is 0 Å². The van der Waals surface area contributed by atoms with Crippen LogP contribution < -0.4 is 5.32 Å². The number of carbonyl (C=O) groups excluding carboxylic acids is 1. The van der Waals surface area contributed by atoms with Gasteiger partial charge in [0, 0.05) is 17.3 Å². The van der Waals surface area contributed by atoms with Gasteiger partial charge in [0.1, 0.15) is 0 Å². The highest BCUT2D eigenvalue weighted by atomic mass is 35.5. The molecular formula is C11H14ClNOS. The molecule has 1 aromatic rings. The molecule has 0 aliphatic rings. The van der Waals surface area contributed by atoms with Crippen molar-refractivity contribution in [2.45, 2.75) is 12.7 Å². The summed E-state index contributed by atoms with van der Waals surface area (Å²) in [6.07, 6.45) is 0. The molecule has 1 N–H and O–H groups in total. The Morgan fingerprint density at radius 3 is 2.67 bits per heavy atom. The fourth-order valence-corrected chi connectivity index (χ4v) is 2.03. The van der Waals surface area contributed by atoms with Crippen LogP contribution in [0.1, 0.15) is 12.5 Å². The molecule has 0 aromatic heterocycles. The fraction of sp³-hybridized carbons (Fsp3) is 0.364. The van der Waals surface area contributed by atoms with Crippen LogP contribution >= 0.6 is 23.4 Å². The predicted molar refractivity (Wildman–Crippen MR) is 66.3 cm³/mol. The molecule has 1 rings (SSSR count). The summed E-state index contributed by atoms with van der Waals surface area (Å²) >= 11 is 7.37. The molecule has 0 bridgehead atoms. The molecule has 4 heteroatoms. The minimum absolute atomic E-state index is 0.0939. The van der Waals surface area contributed by atoms with E-state index in [2.05, 4.69) is 5.32 Å². The maximum Gasteiger partial charge on any atom is 0.229 e. The number of rotatable bonds is 5. The van der Waals surface area contributed by atoms with Crippen LogP contribution in [0.15, 0.2) is 24.3 Å². The first-order chi connectivity index (χ1) is 7.22. The Hall–Kier alpha value is -0.670. The SMILES string of the molecule is CCNC(=O)CSCc1ccc(Cl)cc1. The lowest BCUT2D eigenvalue weighted by Gasteiger charge is -2.02. The van der Waals surface area contributed by atoms with E-state index in [-0.39, 0.29) is 5.91 Å². The van der Waals surface area contributed by atoms with Crippen molar-refractivity contribution in [2.75, 3.05) is 12.3 Å². The zero-order chi connectivity index (χ0) is 11.1. The molecule has 0 saturated heterocycles. The first-order valence-electron chi connectivity index (χ1n) is 4.81. The number of carbonyl (C=O) groups is 1. The van der Waals surface area contributed by atoms with Gasteiger partial charge in [0.15, 0.2) is 0 Å². The maximum atomic E-state index is 11.1. The van der Waals surface area contributed by atoms with E-state index in [4.69, 9.17) is 11.6 Å². The second-order valence-electron chi connectivity index (χ2n) is 3.07. The number of thioether (sulfide) groups is 1. The van der Waals surface area contributed by atoms with Gasteiger partial charge in [0.05, 0.1) is 5.75 Å². The van der Waals surface area contributed by atoms with Gasteiger partial charge in [-0.25, -0.2) is 0 Å². The van der Waals surface area contributed by atoms with Crippen LogP contribution in [0, 0.1) is 0 Å². The maximum absolute atomic E-state index is 11.1. The summed E-state index contributed by atoms with van der Waals surface area (Å²) in [7, 11) is 0. The minimum atomic E-state index is 0.0939. The van der Waals surface area contributed by atoms with Crippen LogP contribution in [0.4, 0.5) is 0 Å². The number of halogens is 1. The van der Waals surface area contributed by atoms with Gasteiger partial charge >= 0.3 is 0 Å². The molecule has 0 fully saturated rings. The standard InChI is InChI=1S/C11H14ClNOS/c1-2-13-11(14)8-15-7-9-3-5-10(12)6-4-9/h3-6H,2,7-8H2,1H3,(H,13,14). The van der Waals surface area contributed by atoms with Crippen molar-refractivity contribution in [3.8, 4) is 0 Å². The van der Waals surface area contributed by atoms with Crippen LogP contribution in [-0.2, 0) is 10.5 Å². The second kappa shape index (κ2) is 6.75. The topological polar surface area (TPSA) is 29.1 Å². The lowest BCUT2D eigenvalue weighted by atomic mass is 10.2. The van der Waals surface area contributed by atoms with Gasteiger partial charge in [-0.3, -0.25) is 4.79 Å². The molecule has 1 amide bonds. The smallest absolute Gasteiger partial charge is 0.229 e. The molecule has 15 heavy (non-hydrogen) atoms. The van der Waals surface area contributed by atoms with E-state index in [1.807, 2.05) is 31.2 Å². The van der Waals surface area contributed by atoms with E-state index in [9.17, 15) is 4.79 Å². The van der Waals surface area contributed by atoms with Gasteiger partial charge in [0.25, 0.3) is 0 Å². The molecule has 82 valence electrons. The first-order valence-corrected chi connectivity index (χ1v) is 6.34. The normalized spacial score (nSPS) is 10.0. The highest BCUT2D eigenvalue weighted by molar-refractivity contribution is 7.99. The van der Waals surface area contributed by atoms with E-state index in [1.54, 1.807) is 11.8 Å². The Morgan fingerprint density at radius 1 is 1.40 bits per heavy atom. The van der Waals surface area contributed by atoms with Gasteiger partial charge in [-0.15, -0.1) is 11.8 Å². The van der Waals surface area contributed by atoms with Crippen LogP contribution in [0.2, 0.25) is 5.02 Å². The molecule has 0 unspecified atom stereocenters. The molecule has 0 saturated carbocycles. The third-order valence-corrected chi connectivity index (χ3v) is 3.04. The molecule has 0 aliphatic carbocycles. The largest absolute Gasteiger partial charge is 0.356 e. The Balaban J connectivity index is 2.26. The number of benzene rings is 1. The number of hydrogen-bond donors (Lipinski definition) is 1. The zero-order valence-corrected chi connectivity index (χ0v) is 10.2. The van der Waals surface area contributed by atoms with Crippen molar-refractivity contribution in [3.63, 3.8) is 0 Å². The van der Waals surface area contributed by atoms with Gasteiger partial charge in [-0.2, -0.15) is 0 Å². The first kappa shape index (κ1) is 12.4. The predicted octanol–water partition coefficient (Wildman–Crippen LogP) is 2.71. The van der Waals surface area contributed by atoms with Gasteiger partial charge in [-0.1, -0.05) is 23.7 Å². The van der Waals surface area contributed by atoms with Gasteiger partial charge < -0.3 is 5.32 Å². The molecule has 2 nitrogen and oxygen atoms in total. The summed E-state index contributed by atoms with van der Waals surface area (Å²) in [4.78, 5) is 11.1. The Labute approximate surface area is 99.4 Å². The third-order valence-electron chi connectivity index (χ3n) is 1.79. The van der Waals surface area contributed by atoms with Crippen molar-refractivity contribution >= 4 is 29.3 Å². The van der Waals surface area contributed by atoms with Crippen molar-refractivity contribution in [1.29, 1.82) is 0 Å². The number of hydrogen-bond acceptors (Lipinski definition) is 2. The lowest BCUT2D eigenvalue weighted by Crippen LogP contribution is -2.24. The van der Waals surface area contributed by atoms with E-state index in [1.165, 1.54) is 5.56 Å². The minimum Gasteiger partial charge on any atom is -0.356 e. The average molecular weight is 244 g/mol. The lowest BCUT2D eigenvalue weighted by molar-refractivity contribution is -0.118. The van der Waals surface area contributed by atoms with E-state index in [0.29, 0.717) is 12.3 Å². The number of nitrogens with one attached hydrogen (secondary N) is 1. The molecule has 0 spiro atoms. The fourth-order valence-electron chi connectivity index (χ4n) is 1.09.